The van der Waals surface area contributed by atoms with Gasteiger partial charge in [-0.15, -0.1) is 0 Å². The van der Waals surface area contributed by atoms with Crippen molar-refractivity contribution in [1.82, 2.24) is 0 Å². The van der Waals surface area contributed by atoms with Crippen LogP contribution >= 0.6 is 0 Å². The van der Waals surface area contributed by atoms with Crippen LogP contribution in [0.5, 0.6) is 5.75 Å². The van der Waals surface area contributed by atoms with Gasteiger partial charge >= 0.3 is 6.98 Å². The fourth-order valence-corrected chi connectivity index (χ4v) is 1.59. The van der Waals surface area contributed by atoms with Crippen molar-refractivity contribution in [2.75, 3.05) is 18.6 Å². The molecule has 0 unspecified atom stereocenters. The fraction of sp³-hybridized carbons (Fsp3) is 0.222. The highest BCUT2D eigenvalue weighted by molar-refractivity contribution is 6.74. The third-order valence-electron chi connectivity index (χ3n) is 2.45. The Kier molecular flexibility index (Phi) is 2.33. The summed E-state index contributed by atoms with van der Waals surface area (Å²) in [5, 5.41) is 0. The highest BCUT2D eigenvalue weighted by atomic mass is 19.4. The molecule has 1 aliphatic rings. The van der Waals surface area contributed by atoms with E-state index in [1.165, 1.54) is 24.1 Å². The Morgan fingerprint density at radius 3 is 2.69 bits per heavy atom. The molecule has 0 bridgehead atoms. The molecule has 0 aromatic heterocycles. The number of hydrogen-bond acceptors (Lipinski definition) is 2. The van der Waals surface area contributed by atoms with Crippen LogP contribution in [0.4, 0.5) is 18.6 Å². The highest BCUT2D eigenvalue weighted by Crippen LogP contribution is 2.31. The maximum atomic E-state index is 12.7. The molecule has 0 spiro atoms. The molecule has 1 amide bonds. The van der Waals surface area contributed by atoms with Crippen molar-refractivity contribution in [1.29, 1.82) is 0 Å². The number of para-hydroxylation sites is 1. The molecule has 0 fully saturated rings. The number of benzene rings is 1. The third kappa shape index (κ3) is 1.62. The normalized spacial score (nSPS) is 15.8. The largest absolute Gasteiger partial charge is 0.513 e. The minimum atomic E-state index is -5.13. The molecule has 1 heterocycles. The lowest BCUT2D eigenvalue weighted by atomic mass is 9.79. The van der Waals surface area contributed by atoms with Crippen molar-refractivity contribution in [2.45, 2.75) is 0 Å². The van der Waals surface area contributed by atoms with Crippen molar-refractivity contribution in [2.24, 2.45) is 0 Å². The fourth-order valence-electron chi connectivity index (χ4n) is 1.59. The second-order valence-electron chi connectivity index (χ2n) is 3.51. The first-order valence-electron chi connectivity index (χ1n) is 4.63. The summed E-state index contributed by atoms with van der Waals surface area (Å²) in [7, 11) is 1.43. The van der Waals surface area contributed by atoms with Crippen molar-refractivity contribution >= 4 is 24.0 Å². The van der Waals surface area contributed by atoms with Gasteiger partial charge in [-0.05, 0) is 6.07 Å². The molecular formula is C9H8BF3NO2-. The predicted molar refractivity (Wildman–Crippen MR) is 54.1 cm³/mol. The average Bonchev–Trinajstić information content (AvgIpc) is 2.21. The van der Waals surface area contributed by atoms with E-state index in [4.69, 9.17) is 4.74 Å². The Bertz CT molecular complexity index is 447. The monoisotopic (exact) mass is 230 g/mol. The Labute approximate surface area is 89.9 Å². The summed E-state index contributed by atoms with van der Waals surface area (Å²) in [6.07, 6.45) is 0. The molecule has 3 nitrogen and oxygen atoms in total. The standard InChI is InChI=1S/C9H8BF3NO2/c1-14-7-4-2-3-6(10(11,12)13)9(7)16-5-8(14)15/h2-4H,5H2,1H3/q-1. The van der Waals surface area contributed by atoms with Gasteiger partial charge in [-0.3, -0.25) is 4.79 Å². The van der Waals surface area contributed by atoms with Crippen molar-refractivity contribution in [3.8, 4) is 5.75 Å². The van der Waals surface area contributed by atoms with E-state index in [1.54, 1.807) is 0 Å². The number of rotatable bonds is 1. The number of nitrogens with zero attached hydrogens (tertiary/aromatic N) is 1. The molecule has 7 heteroatoms. The second-order valence-corrected chi connectivity index (χ2v) is 3.51. The van der Waals surface area contributed by atoms with Crippen LogP contribution in [0.15, 0.2) is 18.2 Å². The summed E-state index contributed by atoms with van der Waals surface area (Å²) in [5.74, 6) is -0.614. The van der Waals surface area contributed by atoms with Crippen LogP contribution in [0.2, 0.25) is 0 Å². The van der Waals surface area contributed by atoms with Crippen LogP contribution in [-0.4, -0.2) is 26.5 Å². The van der Waals surface area contributed by atoms with Gasteiger partial charge in [0.2, 0.25) is 0 Å². The molecular weight excluding hydrogens is 222 g/mol. The van der Waals surface area contributed by atoms with E-state index in [-0.39, 0.29) is 24.0 Å². The van der Waals surface area contributed by atoms with Gasteiger partial charge in [-0.2, -0.15) is 0 Å². The number of amides is 1. The molecule has 1 aromatic rings. The minimum absolute atomic E-state index is 0.160. The van der Waals surface area contributed by atoms with Gasteiger partial charge in [0, 0.05) is 7.05 Å². The molecule has 16 heavy (non-hydrogen) atoms. The average molecular weight is 230 g/mol. The molecule has 0 N–H and O–H groups in total. The first-order chi connectivity index (χ1) is 7.41. The molecule has 0 aliphatic carbocycles. The summed E-state index contributed by atoms with van der Waals surface area (Å²) in [4.78, 5) is 12.4. The summed E-state index contributed by atoms with van der Waals surface area (Å²) < 4.78 is 42.9. The number of carbonyl (C=O) groups excluding carboxylic acids is 1. The maximum absolute atomic E-state index is 12.7. The van der Waals surface area contributed by atoms with E-state index in [0.717, 1.165) is 6.07 Å². The van der Waals surface area contributed by atoms with Gasteiger partial charge in [-0.1, -0.05) is 17.6 Å². The quantitative estimate of drug-likeness (QED) is 0.676. The second kappa shape index (κ2) is 3.43. The van der Waals surface area contributed by atoms with E-state index >= 15 is 0 Å². The highest BCUT2D eigenvalue weighted by Gasteiger charge is 2.33. The number of ether oxygens (including phenoxy) is 1. The number of halogens is 3. The summed E-state index contributed by atoms with van der Waals surface area (Å²) in [6, 6.07) is 3.65. The van der Waals surface area contributed by atoms with Crippen LogP contribution in [0.1, 0.15) is 0 Å². The summed E-state index contributed by atoms with van der Waals surface area (Å²) in [6.45, 7) is -5.49. The molecule has 2 rings (SSSR count). The summed E-state index contributed by atoms with van der Waals surface area (Å²) in [5.41, 5.74) is -0.634. The number of hydrogen-bond donors (Lipinski definition) is 0. The van der Waals surface area contributed by atoms with E-state index in [1.807, 2.05) is 0 Å². The zero-order chi connectivity index (χ0) is 11.9. The van der Waals surface area contributed by atoms with Crippen LogP contribution < -0.4 is 15.1 Å². The number of fused-ring (bicyclic) bond motifs is 1. The van der Waals surface area contributed by atoms with E-state index in [0.29, 0.717) is 0 Å². The lowest BCUT2D eigenvalue weighted by Gasteiger charge is -2.30. The lowest BCUT2D eigenvalue weighted by molar-refractivity contribution is -0.120. The van der Waals surface area contributed by atoms with Crippen LogP contribution in [-0.2, 0) is 4.79 Å². The zero-order valence-corrected chi connectivity index (χ0v) is 8.41. The van der Waals surface area contributed by atoms with Crippen molar-refractivity contribution < 1.29 is 22.5 Å². The predicted octanol–water partition coefficient (Wildman–Crippen LogP) is 1.10. The van der Waals surface area contributed by atoms with Crippen molar-refractivity contribution in [3.05, 3.63) is 18.2 Å². The summed E-state index contributed by atoms with van der Waals surface area (Å²) >= 11 is 0. The van der Waals surface area contributed by atoms with E-state index in [2.05, 4.69) is 0 Å². The van der Waals surface area contributed by atoms with Gasteiger partial charge in [-0.25, -0.2) is 0 Å². The molecule has 0 atom stereocenters. The maximum Gasteiger partial charge on any atom is 0.513 e. The first kappa shape index (κ1) is 10.8. The van der Waals surface area contributed by atoms with Gasteiger partial charge in [0.15, 0.2) is 6.61 Å². The molecule has 0 saturated heterocycles. The van der Waals surface area contributed by atoms with E-state index in [9.17, 15) is 17.7 Å². The van der Waals surface area contributed by atoms with Gasteiger partial charge in [0.05, 0.1) is 5.69 Å². The molecule has 0 radical (unpaired) electrons. The van der Waals surface area contributed by atoms with Gasteiger partial charge in [0.25, 0.3) is 5.91 Å². The Morgan fingerprint density at radius 2 is 2.06 bits per heavy atom. The zero-order valence-electron chi connectivity index (χ0n) is 8.41. The Balaban J connectivity index is 2.57. The van der Waals surface area contributed by atoms with Crippen molar-refractivity contribution in [3.63, 3.8) is 0 Å². The van der Waals surface area contributed by atoms with Crippen LogP contribution in [0.3, 0.4) is 0 Å². The smallest absolute Gasteiger partial charge is 0.485 e. The minimum Gasteiger partial charge on any atom is -0.485 e. The molecule has 1 aliphatic heterocycles. The topological polar surface area (TPSA) is 29.5 Å². The SMILES string of the molecule is CN1C(=O)COc2c1cccc2[B-](F)(F)F. The number of carbonyl (C=O) groups is 1. The molecule has 86 valence electrons. The number of likely N-dealkylation sites (N-methyl/N-ethyl adjacent to an activating group) is 1. The molecule has 1 aromatic carbocycles. The Morgan fingerprint density at radius 1 is 1.38 bits per heavy atom. The Hall–Kier alpha value is -1.66. The first-order valence-corrected chi connectivity index (χ1v) is 4.63. The lowest BCUT2D eigenvalue weighted by Crippen LogP contribution is -2.42. The third-order valence-corrected chi connectivity index (χ3v) is 2.45. The van der Waals surface area contributed by atoms with Crippen LogP contribution in [0, 0.1) is 0 Å². The number of anilines is 1. The molecule has 0 saturated carbocycles. The van der Waals surface area contributed by atoms with Crippen LogP contribution in [0.25, 0.3) is 0 Å². The van der Waals surface area contributed by atoms with Gasteiger partial charge in [0.1, 0.15) is 5.75 Å². The van der Waals surface area contributed by atoms with Gasteiger partial charge < -0.3 is 22.6 Å². The van der Waals surface area contributed by atoms with E-state index < -0.39 is 12.4 Å².